The number of nitrogens with one attached hydrogen (secondary N) is 1. The fraction of sp³-hybridized carbons (Fsp3) is 0.394. The fourth-order valence-electron chi connectivity index (χ4n) is 4.32. The van der Waals surface area contributed by atoms with Gasteiger partial charge in [0.15, 0.2) is 6.61 Å². The van der Waals surface area contributed by atoms with E-state index in [4.69, 9.17) is 4.74 Å². The number of aryl methyl sites for hydroxylation is 1. The van der Waals surface area contributed by atoms with Crippen LogP contribution in [0.3, 0.4) is 0 Å². The maximum absolute atomic E-state index is 13.9. The summed E-state index contributed by atoms with van der Waals surface area (Å²) < 4.78 is 6.81. The van der Waals surface area contributed by atoms with E-state index >= 15 is 0 Å². The van der Waals surface area contributed by atoms with Gasteiger partial charge in [0.05, 0.1) is 4.47 Å². The molecule has 0 saturated heterocycles. The number of halogens is 1. The second-order valence-electron chi connectivity index (χ2n) is 12.1. The number of amides is 2. The van der Waals surface area contributed by atoms with Crippen molar-refractivity contribution in [2.24, 2.45) is 0 Å². The van der Waals surface area contributed by atoms with Gasteiger partial charge in [0.2, 0.25) is 5.91 Å². The molecule has 3 aromatic rings. The molecule has 0 saturated carbocycles. The van der Waals surface area contributed by atoms with Crippen molar-refractivity contribution in [2.45, 2.75) is 78.4 Å². The van der Waals surface area contributed by atoms with Crippen LogP contribution in [0.15, 0.2) is 77.3 Å². The van der Waals surface area contributed by atoms with Gasteiger partial charge in [-0.1, -0.05) is 87.0 Å². The Hall–Kier alpha value is -3.12. The third kappa shape index (κ3) is 9.24. The molecule has 0 radical (unpaired) electrons. The molecule has 0 aliphatic heterocycles. The SMILES string of the molecule is Cc1cccc(CN(C(=O)COc2ccc(C(C)(C)C)cc2Br)C(Cc2ccccc2)C(=O)NC(C)(C)C)c1. The molecular formula is C33H41BrN2O3. The number of carbonyl (C=O) groups is 2. The molecule has 0 fully saturated rings. The molecule has 208 valence electrons. The Morgan fingerprint density at radius 3 is 2.15 bits per heavy atom. The summed E-state index contributed by atoms with van der Waals surface area (Å²) in [5.74, 6) is 0.141. The molecule has 39 heavy (non-hydrogen) atoms. The molecule has 0 aromatic heterocycles. The summed E-state index contributed by atoms with van der Waals surface area (Å²) in [6.45, 7) is 14.4. The molecule has 0 heterocycles. The highest BCUT2D eigenvalue weighted by Gasteiger charge is 2.32. The maximum atomic E-state index is 13.9. The van der Waals surface area contributed by atoms with E-state index in [1.807, 2.05) is 100 Å². The first-order valence-corrected chi connectivity index (χ1v) is 14.2. The van der Waals surface area contributed by atoms with Crippen molar-refractivity contribution < 1.29 is 14.3 Å². The zero-order valence-electron chi connectivity index (χ0n) is 24.2. The van der Waals surface area contributed by atoms with E-state index in [1.165, 1.54) is 0 Å². The standard InChI is InChI=1S/C33H41BrN2O3/c1-23-12-11-15-25(18-23)21-36(28(31(38)35-33(5,6)7)19-24-13-9-8-10-14-24)30(37)22-39-29-17-16-26(20-27(29)34)32(2,3)4/h8-18,20,28H,19,21-22H2,1-7H3,(H,35,38). The van der Waals surface area contributed by atoms with Crippen LogP contribution in [0.5, 0.6) is 5.75 Å². The Morgan fingerprint density at radius 1 is 0.897 bits per heavy atom. The van der Waals surface area contributed by atoms with Crippen LogP contribution in [0.4, 0.5) is 0 Å². The molecular weight excluding hydrogens is 552 g/mol. The van der Waals surface area contributed by atoms with Crippen LogP contribution in [-0.2, 0) is 28.0 Å². The summed E-state index contributed by atoms with van der Waals surface area (Å²) >= 11 is 3.60. The molecule has 0 spiro atoms. The van der Waals surface area contributed by atoms with Gasteiger partial charge in [0.1, 0.15) is 11.8 Å². The van der Waals surface area contributed by atoms with Gasteiger partial charge in [-0.2, -0.15) is 0 Å². The summed E-state index contributed by atoms with van der Waals surface area (Å²) in [6, 6.07) is 23.0. The number of nitrogens with zero attached hydrogens (tertiary/aromatic N) is 1. The number of ether oxygens (including phenoxy) is 1. The predicted molar refractivity (Wildman–Crippen MR) is 162 cm³/mol. The largest absolute Gasteiger partial charge is 0.483 e. The summed E-state index contributed by atoms with van der Waals surface area (Å²) in [7, 11) is 0. The average molecular weight is 594 g/mol. The maximum Gasteiger partial charge on any atom is 0.261 e. The summed E-state index contributed by atoms with van der Waals surface area (Å²) in [5.41, 5.74) is 3.75. The van der Waals surface area contributed by atoms with Crippen LogP contribution in [0.25, 0.3) is 0 Å². The lowest BCUT2D eigenvalue weighted by atomic mass is 9.87. The number of hydrogen-bond donors (Lipinski definition) is 1. The second-order valence-corrected chi connectivity index (χ2v) is 13.0. The zero-order valence-corrected chi connectivity index (χ0v) is 25.8. The van der Waals surface area contributed by atoms with Gasteiger partial charge >= 0.3 is 0 Å². The molecule has 1 unspecified atom stereocenters. The monoisotopic (exact) mass is 592 g/mol. The lowest BCUT2D eigenvalue weighted by Crippen LogP contribution is -2.55. The van der Waals surface area contributed by atoms with Crippen molar-refractivity contribution in [1.29, 1.82) is 0 Å². The third-order valence-corrected chi connectivity index (χ3v) is 6.97. The number of hydrogen-bond acceptors (Lipinski definition) is 3. The molecule has 1 atom stereocenters. The molecule has 3 aromatic carbocycles. The third-order valence-electron chi connectivity index (χ3n) is 6.35. The van der Waals surface area contributed by atoms with Crippen molar-refractivity contribution in [2.75, 3.05) is 6.61 Å². The van der Waals surface area contributed by atoms with Crippen LogP contribution >= 0.6 is 15.9 Å². The molecule has 0 aliphatic rings. The van der Waals surface area contributed by atoms with Gasteiger partial charge in [-0.3, -0.25) is 9.59 Å². The number of benzene rings is 3. The van der Waals surface area contributed by atoms with Crippen LogP contribution in [0.2, 0.25) is 0 Å². The van der Waals surface area contributed by atoms with E-state index in [0.717, 1.165) is 26.7 Å². The average Bonchev–Trinajstić information content (AvgIpc) is 2.84. The van der Waals surface area contributed by atoms with Crippen LogP contribution in [-0.4, -0.2) is 34.9 Å². The molecule has 0 bridgehead atoms. The normalized spacial score (nSPS) is 12.5. The van der Waals surface area contributed by atoms with Gasteiger partial charge in [-0.25, -0.2) is 0 Å². The van der Waals surface area contributed by atoms with Gasteiger partial charge in [-0.05, 0) is 77.9 Å². The minimum absolute atomic E-state index is 0.00738. The second kappa shape index (κ2) is 12.8. The highest BCUT2D eigenvalue weighted by molar-refractivity contribution is 9.10. The zero-order chi connectivity index (χ0) is 28.8. The lowest BCUT2D eigenvalue weighted by molar-refractivity contribution is -0.143. The van der Waals surface area contributed by atoms with Crippen LogP contribution in [0, 0.1) is 6.92 Å². The summed E-state index contributed by atoms with van der Waals surface area (Å²) in [6.07, 6.45) is 0.393. The van der Waals surface area contributed by atoms with E-state index in [2.05, 4.69) is 42.0 Å². The number of rotatable bonds is 9. The van der Waals surface area contributed by atoms with Crippen molar-refractivity contribution in [3.8, 4) is 5.75 Å². The van der Waals surface area contributed by atoms with Crippen molar-refractivity contribution in [1.82, 2.24) is 10.2 Å². The Labute approximate surface area is 242 Å². The molecule has 6 heteroatoms. The Bertz CT molecular complexity index is 1280. The van der Waals surface area contributed by atoms with Gasteiger partial charge in [0, 0.05) is 18.5 Å². The Morgan fingerprint density at radius 2 is 1.56 bits per heavy atom. The van der Waals surface area contributed by atoms with E-state index in [1.54, 1.807) is 4.90 Å². The first-order valence-electron chi connectivity index (χ1n) is 13.4. The van der Waals surface area contributed by atoms with E-state index in [-0.39, 0.29) is 23.8 Å². The minimum atomic E-state index is -0.713. The molecule has 2 amide bonds. The van der Waals surface area contributed by atoms with E-state index in [0.29, 0.717) is 18.7 Å². The first-order chi connectivity index (χ1) is 18.2. The van der Waals surface area contributed by atoms with E-state index in [9.17, 15) is 9.59 Å². The predicted octanol–water partition coefficient (Wildman–Crippen LogP) is 6.99. The lowest BCUT2D eigenvalue weighted by Gasteiger charge is -2.34. The number of carbonyl (C=O) groups excluding carboxylic acids is 2. The quantitative estimate of drug-likeness (QED) is 0.291. The highest BCUT2D eigenvalue weighted by atomic mass is 79.9. The van der Waals surface area contributed by atoms with Gasteiger partial charge in [-0.15, -0.1) is 0 Å². The van der Waals surface area contributed by atoms with Crippen LogP contribution in [0.1, 0.15) is 63.8 Å². The Kier molecular flexibility index (Phi) is 10.0. The minimum Gasteiger partial charge on any atom is -0.483 e. The highest BCUT2D eigenvalue weighted by Crippen LogP contribution is 2.31. The molecule has 5 nitrogen and oxygen atoms in total. The van der Waals surface area contributed by atoms with Crippen LogP contribution < -0.4 is 10.1 Å². The van der Waals surface area contributed by atoms with Gasteiger partial charge in [0.25, 0.3) is 5.91 Å². The summed E-state index contributed by atoms with van der Waals surface area (Å²) in [5, 5.41) is 3.09. The van der Waals surface area contributed by atoms with Gasteiger partial charge < -0.3 is 15.0 Å². The molecule has 0 aliphatic carbocycles. The fourth-order valence-corrected chi connectivity index (χ4v) is 4.81. The van der Waals surface area contributed by atoms with E-state index < -0.39 is 11.6 Å². The Balaban J connectivity index is 1.93. The first kappa shape index (κ1) is 30.4. The summed E-state index contributed by atoms with van der Waals surface area (Å²) in [4.78, 5) is 29.2. The van der Waals surface area contributed by atoms with Crippen molar-refractivity contribution in [3.05, 3.63) is 99.5 Å². The smallest absolute Gasteiger partial charge is 0.261 e. The topological polar surface area (TPSA) is 58.6 Å². The van der Waals surface area contributed by atoms with Crippen molar-refractivity contribution >= 4 is 27.7 Å². The molecule has 1 N–H and O–H groups in total. The van der Waals surface area contributed by atoms with Crippen molar-refractivity contribution in [3.63, 3.8) is 0 Å². The molecule has 3 rings (SSSR count).